The van der Waals surface area contributed by atoms with Gasteiger partial charge in [-0.25, -0.2) is 9.97 Å². The Hall–Kier alpha value is -2.48. The minimum absolute atomic E-state index is 0.0884. The summed E-state index contributed by atoms with van der Waals surface area (Å²) in [4.78, 5) is 22.0. The van der Waals surface area contributed by atoms with E-state index in [1.807, 2.05) is 32.3 Å². The predicted molar refractivity (Wildman–Crippen MR) is 103 cm³/mol. The van der Waals surface area contributed by atoms with Crippen molar-refractivity contribution >= 4 is 28.5 Å². The molecule has 1 saturated carbocycles. The van der Waals surface area contributed by atoms with Gasteiger partial charge in [0.2, 0.25) is 11.8 Å². The number of amides is 1. The molecular weight excluding hydrogens is 362 g/mol. The Bertz CT molecular complexity index is 1020. The Morgan fingerprint density at radius 3 is 2.89 bits per heavy atom. The van der Waals surface area contributed by atoms with Crippen LogP contribution in [-0.2, 0) is 4.79 Å². The molecule has 7 nitrogen and oxygen atoms in total. The zero-order valence-corrected chi connectivity index (χ0v) is 16.1. The number of aryl methyl sites for hydroxylation is 1. The van der Waals surface area contributed by atoms with Crippen molar-refractivity contribution in [2.75, 3.05) is 6.54 Å². The Kier molecular flexibility index (Phi) is 3.89. The lowest BCUT2D eigenvalue weighted by Gasteiger charge is -2.20. The topological polar surface area (TPSA) is 81.9 Å². The molecule has 0 bridgehead atoms. The van der Waals surface area contributed by atoms with Crippen LogP contribution in [0.3, 0.4) is 0 Å². The van der Waals surface area contributed by atoms with Crippen LogP contribution < -0.4 is 10.1 Å². The standard InChI is InChI=1S/C19H21N5O2S/c1-10-5-16(27-23-10)14-7-15-18(24(9-21-15)13-3-4-13)19(22-14)26-11(2)12-6-17(25)20-8-12/h5,7,9,11-13H,3-4,6,8H2,1-2H3,(H,20,25)/t11-,12-/m1/s1. The van der Waals surface area contributed by atoms with Crippen LogP contribution in [0.25, 0.3) is 21.6 Å². The van der Waals surface area contributed by atoms with Crippen LogP contribution in [0.2, 0.25) is 0 Å². The molecule has 2 aliphatic rings. The van der Waals surface area contributed by atoms with Crippen molar-refractivity contribution in [2.45, 2.75) is 45.3 Å². The lowest BCUT2D eigenvalue weighted by molar-refractivity contribution is -0.119. The van der Waals surface area contributed by atoms with Crippen LogP contribution in [0, 0.1) is 12.8 Å². The first-order chi connectivity index (χ1) is 13.1. The predicted octanol–water partition coefficient (Wildman–Crippen LogP) is 3.10. The first-order valence-corrected chi connectivity index (χ1v) is 10.1. The first kappa shape index (κ1) is 16.7. The van der Waals surface area contributed by atoms with Crippen molar-refractivity contribution in [3.8, 4) is 16.5 Å². The van der Waals surface area contributed by atoms with Crippen LogP contribution >= 0.6 is 11.5 Å². The highest BCUT2D eigenvalue weighted by Crippen LogP contribution is 2.40. The van der Waals surface area contributed by atoms with Gasteiger partial charge in [-0.3, -0.25) is 4.79 Å². The van der Waals surface area contributed by atoms with Crippen LogP contribution in [0.4, 0.5) is 0 Å². The van der Waals surface area contributed by atoms with Gasteiger partial charge in [0.25, 0.3) is 0 Å². The second-order valence-electron chi connectivity index (χ2n) is 7.49. The number of pyridine rings is 1. The van der Waals surface area contributed by atoms with E-state index in [-0.39, 0.29) is 17.9 Å². The SMILES string of the molecule is Cc1cc(-c2cc3ncn(C4CC4)c3c(O[C@H](C)[C@H]3CNC(=O)C3)n2)sn1. The number of ether oxygens (including phenoxy) is 1. The third-order valence-electron chi connectivity index (χ3n) is 5.31. The van der Waals surface area contributed by atoms with Crippen molar-refractivity contribution in [3.05, 3.63) is 24.2 Å². The number of hydrogen-bond acceptors (Lipinski definition) is 6. The van der Waals surface area contributed by atoms with E-state index in [0.717, 1.165) is 40.1 Å². The molecule has 4 heterocycles. The Labute approximate surface area is 160 Å². The normalized spacial score (nSPS) is 20.8. The van der Waals surface area contributed by atoms with Crippen molar-refractivity contribution in [3.63, 3.8) is 0 Å². The van der Waals surface area contributed by atoms with Gasteiger partial charge in [0, 0.05) is 24.9 Å². The Balaban J connectivity index is 1.56. The molecule has 0 unspecified atom stereocenters. The number of nitrogens with one attached hydrogen (secondary N) is 1. The van der Waals surface area contributed by atoms with Gasteiger partial charge in [0.15, 0.2) is 0 Å². The van der Waals surface area contributed by atoms with Gasteiger partial charge >= 0.3 is 0 Å². The molecule has 3 aromatic heterocycles. The summed E-state index contributed by atoms with van der Waals surface area (Å²) in [6.45, 7) is 4.64. The van der Waals surface area contributed by atoms with Gasteiger partial charge in [0.05, 0.1) is 28.1 Å². The summed E-state index contributed by atoms with van der Waals surface area (Å²) in [6, 6.07) is 4.53. The molecule has 1 N–H and O–H groups in total. The molecule has 1 amide bonds. The zero-order chi connectivity index (χ0) is 18.5. The fourth-order valence-electron chi connectivity index (χ4n) is 3.58. The molecular formula is C19H21N5O2S. The minimum atomic E-state index is -0.111. The molecule has 140 valence electrons. The molecule has 1 saturated heterocycles. The van der Waals surface area contributed by atoms with Crippen molar-refractivity contribution in [1.82, 2.24) is 24.2 Å². The molecule has 0 aromatic carbocycles. The van der Waals surface area contributed by atoms with Crippen LogP contribution in [0.15, 0.2) is 18.5 Å². The van der Waals surface area contributed by atoms with Gasteiger partial charge in [-0.05, 0) is 50.4 Å². The second-order valence-corrected chi connectivity index (χ2v) is 8.29. The van der Waals surface area contributed by atoms with Crippen LogP contribution in [0.5, 0.6) is 5.88 Å². The lowest BCUT2D eigenvalue weighted by atomic mass is 10.0. The Morgan fingerprint density at radius 1 is 1.37 bits per heavy atom. The van der Waals surface area contributed by atoms with Gasteiger partial charge in [-0.1, -0.05) is 0 Å². The molecule has 1 aliphatic carbocycles. The van der Waals surface area contributed by atoms with E-state index in [1.165, 1.54) is 11.5 Å². The van der Waals surface area contributed by atoms with Crippen molar-refractivity contribution in [2.24, 2.45) is 5.92 Å². The van der Waals surface area contributed by atoms with E-state index in [1.54, 1.807) is 0 Å². The fourth-order valence-corrected chi connectivity index (χ4v) is 4.30. The smallest absolute Gasteiger partial charge is 0.241 e. The molecule has 8 heteroatoms. The maximum atomic E-state index is 11.6. The summed E-state index contributed by atoms with van der Waals surface area (Å²) in [5.74, 6) is 0.844. The van der Waals surface area contributed by atoms with Crippen LogP contribution in [-0.4, -0.2) is 37.5 Å². The summed E-state index contributed by atoms with van der Waals surface area (Å²) in [5.41, 5.74) is 3.65. The van der Waals surface area contributed by atoms with E-state index in [0.29, 0.717) is 24.9 Å². The molecule has 0 radical (unpaired) electrons. The average molecular weight is 383 g/mol. The highest BCUT2D eigenvalue weighted by Gasteiger charge is 2.31. The van der Waals surface area contributed by atoms with Crippen molar-refractivity contribution in [1.29, 1.82) is 0 Å². The van der Waals surface area contributed by atoms with E-state index in [9.17, 15) is 4.79 Å². The lowest BCUT2D eigenvalue weighted by Crippen LogP contribution is -2.26. The van der Waals surface area contributed by atoms with Gasteiger partial charge in [-0.2, -0.15) is 4.37 Å². The summed E-state index contributed by atoms with van der Waals surface area (Å²) in [6.07, 6.45) is 4.61. The number of fused-ring (bicyclic) bond motifs is 1. The van der Waals surface area contributed by atoms with Crippen LogP contribution in [0.1, 0.15) is 37.9 Å². The number of carbonyl (C=O) groups is 1. The monoisotopic (exact) mass is 383 g/mol. The minimum Gasteiger partial charge on any atom is -0.473 e. The molecule has 1 aliphatic heterocycles. The quantitative estimate of drug-likeness (QED) is 0.732. The molecule has 5 rings (SSSR count). The van der Waals surface area contributed by atoms with E-state index >= 15 is 0 Å². The molecule has 27 heavy (non-hydrogen) atoms. The maximum Gasteiger partial charge on any atom is 0.241 e. The third kappa shape index (κ3) is 3.07. The number of hydrogen-bond donors (Lipinski definition) is 1. The number of carbonyl (C=O) groups excluding carboxylic acids is 1. The molecule has 3 aromatic rings. The van der Waals surface area contributed by atoms with E-state index in [2.05, 4.69) is 19.2 Å². The summed E-state index contributed by atoms with van der Waals surface area (Å²) in [7, 11) is 0. The maximum absolute atomic E-state index is 11.6. The number of aromatic nitrogens is 4. The second kappa shape index (κ2) is 6.30. The summed E-state index contributed by atoms with van der Waals surface area (Å²) >= 11 is 1.43. The van der Waals surface area contributed by atoms with E-state index in [4.69, 9.17) is 9.72 Å². The highest BCUT2D eigenvalue weighted by molar-refractivity contribution is 7.09. The third-order valence-corrected chi connectivity index (χ3v) is 6.21. The highest BCUT2D eigenvalue weighted by atomic mass is 32.1. The summed E-state index contributed by atoms with van der Waals surface area (Å²) in [5, 5.41) is 2.88. The van der Waals surface area contributed by atoms with Gasteiger partial charge in [0.1, 0.15) is 11.6 Å². The number of imidazole rings is 1. The molecule has 2 fully saturated rings. The summed E-state index contributed by atoms with van der Waals surface area (Å²) < 4.78 is 12.9. The largest absolute Gasteiger partial charge is 0.473 e. The molecule has 2 atom stereocenters. The first-order valence-electron chi connectivity index (χ1n) is 9.33. The fraction of sp³-hybridized carbons (Fsp3) is 0.474. The average Bonchev–Trinajstić information content (AvgIpc) is 3.04. The van der Waals surface area contributed by atoms with Gasteiger partial charge in [-0.15, -0.1) is 0 Å². The van der Waals surface area contributed by atoms with Gasteiger partial charge < -0.3 is 14.6 Å². The number of nitrogens with zero attached hydrogens (tertiary/aromatic N) is 4. The van der Waals surface area contributed by atoms with E-state index < -0.39 is 0 Å². The molecule has 0 spiro atoms. The van der Waals surface area contributed by atoms with Crippen molar-refractivity contribution < 1.29 is 9.53 Å². The Morgan fingerprint density at radius 2 is 2.22 bits per heavy atom. The zero-order valence-electron chi connectivity index (χ0n) is 15.3. The number of rotatable bonds is 5.